The number of aromatic hydroxyl groups is 2. The third-order valence-corrected chi connectivity index (χ3v) is 2.82. The van der Waals surface area contributed by atoms with E-state index in [9.17, 15) is 10.2 Å². The second-order valence-corrected chi connectivity index (χ2v) is 3.88. The second-order valence-electron chi connectivity index (χ2n) is 3.88. The van der Waals surface area contributed by atoms with Crippen LogP contribution in [0.2, 0.25) is 0 Å². The van der Waals surface area contributed by atoms with Crippen LogP contribution in [0.3, 0.4) is 0 Å². The van der Waals surface area contributed by atoms with Gasteiger partial charge in [0, 0.05) is 11.1 Å². The molecule has 15 heavy (non-hydrogen) atoms. The molecule has 0 saturated carbocycles. The smallest absolute Gasteiger partial charge is 0.123 e. The molecule has 4 bridgehead atoms. The quantitative estimate of drug-likeness (QED) is 0.583. The van der Waals surface area contributed by atoms with Crippen LogP contribution in [0.25, 0.3) is 11.1 Å². The van der Waals surface area contributed by atoms with Gasteiger partial charge < -0.3 is 10.2 Å². The number of fused-ring (bicyclic) bond motifs is 5. The number of phenolic OH excluding ortho intramolecular Hbond substituents is 2. The molecule has 0 unspecified atom stereocenters. The molecule has 2 aromatic carbocycles. The highest BCUT2D eigenvalue weighted by molar-refractivity contribution is 5.77. The fourth-order valence-electron chi connectivity index (χ4n) is 2.05. The van der Waals surface area contributed by atoms with E-state index in [1.54, 1.807) is 12.1 Å². The van der Waals surface area contributed by atoms with Crippen molar-refractivity contribution in [3.05, 3.63) is 47.5 Å². The van der Waals surface area contributed by atoms with Crippen molar-refractivity contribution in [2.24, 2.45) is 0 Å². The maximum atomic E-state index is 9.72. The Kier molecular flexibility index (Phi) is 1.54. The molecular weight excluding hydrogens is 188 g/mol. The fourth-order valence-corrected chi connectivity index (χ4v) is 2.05. The zero-order valence-electron chi connectivity index (χ0n) is 8.07. The van der Waals surface area contributed by atoms with Crippen molar-refractivity contribution in [2.45, 2.75) is 6.42 Å². The van der Waals surface area contributed by atoms with E-state index in [1.807, 2.05) is 24.3 Å². The summed E-state index contributed by atoms with van der Waals surface area (Å²) in [6.45, 7) is 0. The Morgan fingerprint density at radius 2 is 1.20 bits per heavy atom. The molecule has 74 valence electrons. The molecule has 2 N–H and O–H groups in total. The average molecular weight is 198 g/mol. The minimum absolute atomic E-state index is 0.216. The lowest BCUT2D eigenvalue weighted by Crippen LogP contribution is -1.83. The molecule has 0 atom stereocenters. The van der Waals surface area contributed by atoms with Gasteiger partial charge in [0.15, 0.2) is 0 Å². The van der Waals surface area contributed by atoms with Gasteiger partial charge in [-0.25, -0.2) is 0 Å². The average Bonchev–Trinajstić information content (AvgIpc) is 2.35. The Bertz CT molecular complexity index is 495. The zero-order valence-corrected chi connectivity index (χ0v) is 8.07. The molecule has 3 rings (SSSR count). The van der Waals surface area contributed by atoms with Crippen molar-refractivity contribution >= 4 is 0 Å². The largest absolute Gasteiger partial charge is 0.507 e. The molecule has 1 aliphatic rings. The van der Waals surface area contributed by atoms with Gasteiger partial charge in [0.1, 0.15) is 11.5 Å². The van der Waals surface area contributed by atoms with Gasteiger partial charge in [-0.3, -0.25) is 0 Å². The van der Waals surface area contributed by atoms with E-state index in [0.29, 0.717) is 11.1 Å². The Morgan fingerprint density at radius 1 is 0.733 bits per heavy atom. The Balaban J connectivity index is 2.40. The third-order valence-electron chi connectivity index (χ3n) is 2.82. The first kappa shape index (κ1) is 8.36. The van der Waals surface area contributed by atoms with E-state index in [1.165, 1.54) is 0 Å². The summed E-state index contributed by atoms with van der Waals surface area (Å²) in [5.74, 6) is 0.432. The van der Waals surface area contributed by atoms with Crippen LogP contribution < -0.4 is 0 Å². The molecular formula is C13H10O2. The van der Waals surface area contributed by atoms with E-state index in [-0.39, 0.29) is 11.5 Å². The maximum absolute atomic E-state index is 9.72. The van der Waals surface area contributed by atoms with Crippen LogP contribution in [-0.4, -0.2) is 10.2 Å². The highest BCUT2D eigenvalue weighted by Crippen LogP contribution is 2.39. The molecule has 2 aromatic rings. The Hall–Kier alpha value is -1.96. The van der Waals surface area contributed by atoms with Gasteiger partial charge in [-0.15, -0.1) is 0 Å². The predicted molar refractivity (Wildman–Crippen MR) is 58.0 cm³/mol. The van der Waals surface area contributed by atoms with Crippen molar-refractivity contribution < 1.29 is 10.2 Å². The minimum Gasteiger partial charge on any atom is -0.507 e. The molecule has 0 saturated heterocycles. The van der Waals surface area contributed by atoms with Crippen LogP contribution in [0, 0.1) is 0 Å². The second kappa shape index (κ2) is 2.76. The van der Waals surface area contributed by atoms with Crippen molar-refractivity contribution in [3.8, 4) is 22.6 Å². The minimum atomic E-state index is 0.216. The maximum Gasteiger partial charge on any atom is 0.123 e. The Labute approximate surface area is 87.4 Å². The standard InChI is InChI=1S/C13H10O2/c14-12-3-1-8-5-9-2-4-13(15)11(7-9)10(12)6-8/h1-4,6-7,14-15H,5H2. The van der Waals surface area contributed by atoms with Crippen molar-refractivity contribution in [1.82, 2.24) is 0 Å². The van der Waals surface area contributed by atoms with Crippen molar-refractivity contribution in [2.75, 3.05) is 0 Å². The van der Waals surface area contributed by atoms with Gasteiger partial charge in [-0.05, 0) is 41.8 Å². The van der Waals surface area contributed by atoms with Gasteiger partial charge in [-0.2, -0.15) is 0 Å². The summed E-state index contributed by atoms with van der Waals surface area (Å²) >= 11 is 0. The van der Waals surface area contributed by atoms with Crippen LogP contribution in [0.5, 0.6) is 11.5 Å². The monoisotopic (exact) mass is 198 g/mol. The molecule has 2 heteroatoms. The zero-order chi connectivity index (χ0) is 10.4. The lowest BCUT2D eigenvalue weighted by atomic mass is 10.0. The number of rotatable bonds is 0. The van der Waals surface area contributed by atoms with E-state index in [0.717, 1.165) is 17.5 Å². The lowest BCUT2D eigenvalue weighted by Gasteiger charge is -2.05. The van der Waals surface area contributed by atoms with Crippen LogP contribution in [0.1, 0.15) is 11.1 Å². The highest BCUT2D eigenvalue weighted by atomic mass is 16.3. The molecule has 0 aliphatic heterocycles. The molecule has 0 heterocycles. The summed E-state index contributed by atoms with van der Waals surface area (Å²) < 4.78 is 0. The van der Waals surface area contributed by atoms with E-state index in [4.69, 9.17) is 0 Å². The summed E-state index contributed by atoms with van der Waals surface area (Å²) in [5, 5.41) is 19.4. The Morgan fingerprint density at radius 3 is 1.67 bits per heavy atom. The topological polar surface area (TPSA) is 40.5 Å². The summed E-state index contributed by atoms with van der Waals surface area (Å²) in [5.41, 5.74) is 3.74. The fraction of sp³-hybridized carbons (Fsp3) is 0.0769. The lowest BCUT2D eigenvalue weighted by molar-refractivity contribution is 0.469. The predicted octanol–water partition coefficient (Wildman–Crippen LogP) is 2.67. The van der Waals surface area contributed by atoms with Gasteiger partial charge >= 0.3 is 0 Å². The number of benzene rings is 2. The van der Waals surface area contributed by atoms with Gasteiger partial charge in [0.05, 0.1) is 0 Å². The summed E-state index contributed by atoms with van der Waals surface area (Å²) in [6, 6.07) is 11.0. The van der Waals surface area contributed by atoms with Crippen LogP contribution in [0.15, 0.2) is 36.4 Å². The SMILES string of the molecule is Oc1ccc2cc1-c1cc(ccc1O)C2. The van der Waals surface area contributed by atoms with Gasteiger partial charge in [-0.1, -0.05) is 12.1 Å². The molecule has 0 aromatic heterocycles. The van der Waals surface area contributed by atoms with Crippen LogP contribution in [0.4, 0.5) is 0 Å². The first-order chi connectivity index (χ1) is 7.24. The van der Waals surface area contributed by atoms with E-state index < -0.39 is 0 Å². The molecule has 0 spiro atoms. The molecule has 1 aliphatic carbocycles. The highest BCUT2D eigenvalue weighted by Gasteiger charge is 2.14. The first-order valence-electron chi connectivity index (χ1n) is 4.88. The summed E-state index contributed by atoms with van der Waals surface area (Å²) in [7, 11) is 0. The molecule has 0 radical (unpaired) electrons. The molecule has 0 fully saturated rings. The van der Waals surface area contributed by atoms with Crippen molar-refractivity contribution in [1.29, 1.82) is 0 Å². The van der Waals surface area contributed by atoms with E-state index >= 15 is 0 Å². The van der Waals surface area contributed by atoms with Crippen LogP contribution in [-0.2, 0) is 6.42 Å². The third kappa shape index (κ3) is 1.18. The number of phenols is 2. The first-order valence-corrected chi connectivity index (χ1v) is 4.88. The normalized spacial score (nSPS) is 12.3. The number of hydrogen-bond acceptors (Lipinski definition) is 2. The molecule has 0 amide bonds. The van der Waals surface area contributed by atoms with Crippen LogP contribution >= 0.6 is 0 Å². The summed E-state index contributed by atoms with van der Waals surface area (Å²) in [4.78, 5) is 0. The van der Waals surface area contributed by atoms with Crippen molar-refractivity contribution in [3.63, 3.8) is 0 Å². The van der Waals surface area contributed by atoms with E-state index in [2.05, 4.69) is 0 Å². The van der Waals surface area contributed by atoms with Gasteiger partial charge in [0.25, 0.3) is 0 Å². The number of hydrogen-bond donors (Lipinski definition) is 2. The molecule has 2 nitrogen and oxygen atoms in total. The summed E-state index contributed by atoms with van der Waals surface area (Å²) in [6.07, 6.45) is 0.848. The van der Waals surface area contributed by atoms with Gasteiger partial charge in [0.2, 0.25) is 0 Å².